The number of nitrogens with zero attached hydrogens (tertiary/aromatic N) is 3. The summed E-state index contributed by atoms with van der Waals surface area (Å²) in [5.41, 5.74) is 0.329. The molecule has 0 radical (unpaired) electrons. The molecule has 0 spiro atoms. The van der Waals surface area contributed by atoms with Crippen molar-refractivity contribution in [2.24, 2.45) is 0 Å². The first-order valence-corrected chi connectivity index (χ1v) is 5.17. The number of aromatic nitrogens is 1. The van der Waals surface area contributed by atoms with Crippen molar-refractivity contribution in [3.63, 3.8) is 0 Å². The van der Waals surface area contributed by atoms with E-state index < -0.39 is 5.97 Å². The molecule has 0 aliphatic carbocycles. The maximum atomic E-state index is 10.9. The molecule has 0 unspecified atom stereocenters. The van der Waals surface area contributed by atoms with Gasteiger partial charge in [0.2, 0.25) is 5.69 Å². The predicted molar refractivity (Wildman–Crippen MR) is 60.5 cm³/mol. The van der Waals surface area contributed by atoms with Gasteiger partial charge in [0.1, 0.15) is 11.5 Å². The molecule has 6 nitrogen and oxygen atoms in total. The molecular formula is C11H11N3O3. The number of hydrogen-bond acceptors (Lipinski definition) is 4. The van der Waals surface area contributed by atoms with Crippen LogP contribution in [0.2, 0.25) is 0 Å². The van der Waals surface area contributed by atoms with E-state index in [2.05, 4.69) is 9.83 Å². The van der Waals surface area contributed by atoms with E-state index in [-0.39, 0.29) is 5.69 Å². The summed E-state index contributed by atoms with van der Waals surface area (Å²) < 4.78 is 5.21. The Morgan fingerprint density at radius 2 is 2.18 bits per heavy atom. The molecule has 17 heavy (non-hydrogen) atoms. The second kappa shape index (κ2) is 4.80. The molecule has 0 aromatic carbocycles. The number of pyridine rings is 1. The van der Waals surface area contributed by atoms with Crippen molar-refractivity contribution in [1.82, 2.24) is 4.98 Å². The number of aromatic carboxylic acids is 1. The maximum Gasteiger partial charge on any atom is 0.354 e. The zero-order valence-corrected chi connectivity index (χ0v) is 9.09. The highest BCUT2D eigenvalue weighted by molar-refractivity contribution is 5.87. The number of carbonyl (C=O) groups is 1. The maximum absolute atomic E-state index is 10.9. The number of rotatable bonds is 2. The summed E-state index contributed by atoms with van der Waals surface area (Å²) in [4.78, 5) is 20.1. The third-order valence-corrected chi connectivity index (χ3v) is 2.50. The second-order valence-corrected chi connectivity index (χ2v) is 3.56. The van der Waals surface area contributed by atoms with Gasteiger partial charge >= 0.3 is 5.97 Å². The van der Waals surface area contributed by atoms with Gasteiger partial charge in [-0.05, 0) is 6.07 Å². The molecule has 0 bridgehead atoms. The van der Waals surface area contributed by atoms with Gasteiger partial charge in [-0.1, -0.05) is 6.07 Å². The lowest BCUT2D eigenvalue weighted by molar-refractivity contribution is 0.0690. The van der Waals surface area contributed by atoms with Gasteiger partial charge in [0.25, 0.3) is 0 Å². The fourth-order valence-corrected chi connectivity index (χ4v) is 1.66. The average molecular weight is 233 g/mol. The Labute approximate surface area is 98.3 Å². The molecule has 0 atom stereocenters. The lowest BCUT2D eigenvalue weighted by Crippen LogP contribution is -2.37. The summed E-state index contributed by atoms with van der Waals surface area (Å²) >= 11 is 0. The van der Waals surface area contributed by atoms with Crippen molar-refractivity contribution in [3.8, 4) is 0 Å². The largest absolute Gasteiger partial charge is 0.477 e. The van der Waals surface area contributed by atoms with Crippen LogP contribution in [0.5, 0.6) is 0 Å². The van der Waals surface area contributed by atoms with Crippen LogP contribution in [0.4, 0.5) is 11.5 Å². The van der Waals surface area contributed by atoms with Gasteiger partial charge in [-0.15, -0.1) is 0 Å². The van der Waals surface area contributed by atoms with E-state index in [9.17, 15) is 4.79 Å². The third-order valence-electron chi connectivity index (χ3n) is 2.50. The summed E-state index contributed by atoms with van der Waals surface area (Å²) in [5, 5.41) is 8.89. The van der Waals surface area contributed by atoms with E-state index in [1.54, 1.807) is 0 Å². The van der Waals surface area contributed by atoms with Crippen LogP contribution < -0.4 is 4.90 Å². The van der Waals surface area contributed by atoms with Crippen molar-refractivity contribution < 1.29 is 14.6 Å². The number of hydrogen-bond donors (Lipinski definition) is 1. The average Bonchev–Trinajstić information content (AvgIpc) is 2.39. The van der Waals surface area contributed by atoms with Crippen LogP contribution in [-0.4, -0.2) is 42.4 Å². The molecule has 1 fully saturated rings. The van der Waals surface area contributed by atoms with Crippen LogP contribution in [0.3, 0.4) is 0 Å². The summed E-state index contributed by atoms with van der Waals surface area (Å²) in [7, 11) is 0. The standard InChI is InChI=1S/C11H11N3O3/c1-12-8-2-3-9(11(15)16)13-10(8)14-4-6-17-7-5-14/h2-3H,4-7H2,(H,15,16). The van der Waals surface area contributed by atoms with E-state index in [1.807, 2.05) is 4.90 Å². The van der Waals surface area contributed by atoms with E-state index in [4.69, 9.17) is 16.4 Å². The normalized spacial score (nSPS) is 15.4. The monoisotopic (exact) mass is 233 g/mol. The number of carboxylic acids is 1. The van der Waals surface area contributed by atoms with Crippen molar-refractivity contribution in [3.05, 3.63) is 29.2 Å². The van der Waals surface area contributed by atoms with Gasteiger partial charge in [-0.3, -0.25) is 0 Å². The molecule has 88 valence electrons. The highest BCUT2D eigenvalue weighted by Gasteiger charge is 2.18. The van der Waals surface area contributed by atoms with Crippen molar-refractivity contribution in [1.29, 1.82) is 0 Å². The van der Waals surface area contributed by atoms with Crippen LogP contribution in [0.1, 0.15) is 10.5 Å². The zero-order chi connectivity index (χ0) is 12.3. The minimum atomic E-state index is -1.09. The predicted octanol–water partition coefficient (Wildman–Crippen LogP) is 1.17. The molecule has 0 saturated carbocycles. The topological polar surface area (TPSA) is 67.0 Å². The fraction of sp³-hybridized carbons (Fsp3) is 0.364. The highest BCUT2D eigenvalue weighted by Crippen LogP contribution is 2.27. The first-order valence-electron chi connectivity index (χ1n) is 5.17. The van der Waals surface area contributed by atoms with Gasteiger partial charge in [-0.25, -0.2) is 14.6 Å². The first kappa shape index (κ1) is 11.4. The smallest absolute Gasteiger partial charge is 0.354 e. The highest BCUT2D eigenvalue weighted by atomic mass is 16.5. The number of morpholine rings is 1. The van der Waals surface area contributed by atoms with Crippen molar-refractivity contribution in [2.45, 2.75) is 0 Å². The minimum absolute atomic E-state index is 0.0427. The van der Waals surface area contributed by atoms with Gasteiger partial charge < -0.3 is 14.7 Å². The van der Waals surface area contributed by atoms with Crippen LogP contribution in [0.15, 0.2) is 12.1 Å². The Hall–Kier alpha value is -2.13. The van der Waals surface area contributed by atoms with Gasteiger partial charge in [-0.2, -0.15) is 0 Å². The summed E-state index contributed by atoms with van der Waals surface area (Å²) in [6.45, 7) is 9.44. The zero-order valence-electron chi connectivity index (χ0n) is 9.09. The Bertz CT molecular complexity index is 475. The molecule has 2 heterocycles. The molecule has 1 saturated heterocycles. The lowest BCUT2D eigenvalue weighted by Gasteiger charge is -2.28. The van der Waals surface area contributed by atoms with Crippen LogP contribution in [0.25, 0.3) is 4.85 Å². The van der Waals surface area contributed by atoms with E-state index >= 15 is 0 Å². The molecule has 1 aromatic rings. The quantitative estimate of drug-likeness (QED) is 0.776. The van der Waals surface area contributed by atoms with Crippen molar-refractivity contribution in [2.75, 3.05) is 31.2 Å². The van der Waals surface area contributed by atoms with Crippen LogP contribution in [0, 0.1) is 6.57 Å². The fourth-order valence-electron chi connectivity index (χ4n) is 1.66. The SMILES string of the molecule is [C-]#[N+]c1ccc(C(=O)O)nc1N1CCOCC1. The van der Waals surface area contributed by atoms with Gasteiger partial charge in [0.15, 0.2) is 0 Å². The molecule has 1 aromatic heterocycles. The Morgan fingerprint density at radius 1 is 1.47 bits per heavy atom. The third kappa shape index (κ3) is 2.34. The van der Waals surface area contributed by atoms with E-state index in [0.29, 0.717) is 37.8 Å². The minimum Gasteiger partial charge on any atom is -0.477 e. The molecule has 1 N–H and O–H groups in total. The lowest BCUT2D eigenvalue weighted by atomic mass is 10.3. The molecular weight excluding hydrogens is 222 g/mol. The summed E-state index contributed by atoms with van der Waals surface area (Å²) in [5.74, 6) is -0.653. The van der Waals surface area contributed by atoms with Gasteiger partial charge in [0.05, 0.1) is 19.8 Å². The number of carboxylic acid groups (broad SMARTS) is 1. The molecule has 2 rings (SSSR count). The molecule has 1 aliphatic heterocycles. The Balaban J connectivity index is 2.38. The molecule has 1 aliphatic rings. The molecule has 6 heteroatoms. The van der Waals surface area contributed by atoms with Crippen LogP contribution >= 0.6 is 0 Å². The first-order chi connectivity index (χ1) is 8.22. The van der Waals surface area contributed by atoms with Crippen molar-refractivity contribution >= 4 is 17.5 Å². The second-order valence-electron chi connectivity index (χ2n) is 3.56. The molecule has 0 amide bonds. The van der Waals surface area contributed by atoms with Crippen LogP contribution in [-0.2, 0) is 4.74 Å². The van der Waals surface area contributed by atoms with Gasteiger partial charge in [0, 0.05) is 13.1 Å². The number of anilines is 1. The summed E-state index contributed by atoms with van der Waals surface area (Å²) in [6, 6.07) is 2.84. The van der Waals surface area contributed by atoms with E-state index in [1.165, 1.54) is 12.1 Å². The Kier molecular flexibility index (Phi) is 3.21. The Morgan fingerprint density at radius 3 is 2.76 bits per heavy atom. The van der Waals surface area contributed by atoms with E-state index in [0.717, 1.165) is 0 Å². The summed E-state index contributed by atoms with van der Waals surface area (Å²) in [6.07, 6.45) is 0. The number of ether oxygens (including phenoxy) is 1.